The minimum atomic E-state index is -0.624. The van der Waals surface area contributed by atoms with Gasteiger partial charge in [-0.25, -0.2) is 9.37 Å². The van der Waals surface area contributed by atoms with Gasteiger partial charge in [0, 0.05) is 24.0 Å². The summed E-state index contributed by atoms with van der Waals surface area (Å²) < 4.78 is 15.9. The van der Waals surface area contributed by atoms with E-state index in [1.54, 1.807) is 19.1 Å². The molecule has 0 spiro atoms. The first-order valence-electron chi connectivity index (χ1n) is 10.6. The van der Waals surface area contributed by atoms with E-state index >= 15 is 0 Å². The molecule has 0 bridgehead atoms. The van der Waals surface area contributed by atoms with Gasteiger partial charge in [-0.1, -0.05) is 18.2 Å². The maximum Gasteiger partial charge on any atom is 0.297 e. The number of rotatable bonds is 6. The summed E-state index contributed by atoms with van der Waals surface area (Å²) in [5, 5.41) is 16.3. The van der Waals surface area contributed by atoms with Crippen molar-refractivity contribution in [2.24, 2.45) is 0 Å². The molecule has 164 valence electrons. The van der Waals surface area contributed by atoms with Gasteiger partial charge in [-0.05, 0) is 56.4 Å². The molecule has 3 N–H and O–H groups in total. The molecule has 2 fully saturated rings. The van der Waals surface area contributed by atoms with Crippen molar-refractivity contribution in [1.82, 2.24) is 14.9 Å². The summed E-state index contributed by atoms with van der Waals surface area (Å²) in [6.07, 6.45) is 6.27. The number of aromatic nitrogens is 2. The third kappa shape index (κ3) is 3.62. The first-order valence-corrected chi connectivity index (χ1v) is 10.6. The predicted octanol–water partition coefficient (Wildman–Crippen LogP) is 3.38. The van der Waals surface area contributed by atoms with E-state index in [4.69, 9.17) is 0 Å². The predicted molar refractivity (Wildman–Crippen MR) is 118 cm³/mol. The second-order valence-electron chi connectivity index (χ2n) is 8.54. The highest BCUT2D eigenvalue weighted by atomic mass is 19.1. The Hall–Kier alpha value is -3.68. The fourth-order valence-electron chi connectivity index (χ4n) is 3.96. The number of phenols is 1. The summed E-state index contributed by atoms with van der Waals surface area (Å²) in [7, 11) is 0. The Kier molecular flexibility index (Phi) is 4.73. The van der Waals surface area contributed by atoms with Crippen LogP contribution in [0.4, 0.5) is 10.2 Å². The summed E-state index contributed by atoms with van der Waals surface area (Å²) in [5.74, 6) is -0.819. The van der Waals surface area contributed by atoms with Gasteiger partial charge in [0.2, 0.25) is 0 Å². The number of aromatic hydroxyl groups is 1. The maximum absolute atomic E-state index is 14.5. The van der Waals surface area contributed by atoms with Crippen molar-refractivity contribution in [3.05, 3.63) is 81.7 Å². The molecule has 2 saturated carbocycles. The highest BCUT2D eigenvalue weighted by molar-refractivity contribution is 5.95. The van der Waals surface area contributed by atoms with Crippen molar-refractivity contribution in [3.63, 3.8) is 0 Å². The molecule has 0 atom stereocenters. The molecule has 1 aromatic heterocycles. The molecule has 2 aromatic carbocycles. The minimum Gasteiger partial charge on any atom is -0.508 e. The number of nitrogens with zero attached hydrogens (tertiary/aromatic N) is 2. The molecular weight excluding hydrogens is 411 g/mol. The number of carbonyl (C=O) groups excluding carboxylic acids is 1. The highest BCUT2D eigenvalue weighted by Crippen LogP contribution is 2.50. The second-order valence-corrected chi connectivity index (χ2v) is 8.54. The minimum absolute atomic E-state index is 0.0928. The van der Waals surface area contributed by atoms with Crippen LogP contribution in [0.5, 0.6) is 5.75 Å². The van der Waals surface area contributed by atoms with E-state index in [0.29, 0.717) is 16.8 Å². The number of carbonyl (C=O) groups is 1. The third-order valence-corrected chi connectivity index (χ3v) is 6.07. The number of halogens is 1. The third-order valence-electron chi connectivity index (χ3n) is 6.07. The van der Waals surface area contributed by atoms with Gasteiger partial charge >= 0.3 is 0 Å². The lowest BCUT2D eigenvalue weighted by Gasteiger charge is -2.20. The van der Waals surface area contributed by atoms with E-state index in [0.717, 1.165) is 25.7 Å². The van der Waals surface area contributed by atoms with Gasteiger partial charge in [-0.15, -0.1) is 0 Å². The monoisotopic (exact) mass is 434 g/mol. The molecule has 7 nitrogen and oxygen atoms in total. The Morgan fingerprint density at radius 3 is 2.69 bits per heavy atom. The number of aryl methyl sites for hydroxylation is 1. The van der Waals surface area contributed by atoms with Gasteiger partial charge in [-0.2, -0.15) is 0 Å². The van der Waals surface area contributed by atoms with Crippen molar-refractivity contribution in [3.8, 4) is 11.4 Å². The van der Waals surface area contributed by atoms with Gasteiger partial charge in [0.05, 0.1) is 16.8 Å². The van der Waals surface area contributed by atoms with Gasteiger partial charge < -0.3 is 15.7 Å². The second kappa shape index (κ2) is 7.47. The molecule has 1 amide bonds. The maximum atomic E-state index is 14.5. The fourth-order valence-corrected chi connectivity index (χ4v) is 3.96. The number of hydrogen-bond donors (Lipinski definition) is 3. The highest BCUT2D eigenvalue weighted by Gasteiger charge is 2.46. The lowest BCUT2D eigenvalue weighted by molar-refractivity contribution is 0.0947. The summed E-state index contributed by atoms with van der Waals surface area (Å²) in [6, 6.07) is 9.79. The lowest BCUT2D eigenvalue weighted by atomic mass is 10.0. The van der Waals surface area contributed by atoms with Crippen LogP contribution in [0, 0.1) is 12.7 Å². The van der Waals surface area contributed by atoms with Crippen LogP contribution in [0.25, 0.3) is 5.69 Å². The largest absolute Gasteiger partial charge is 0.508 e. The van der Waals surface area contributed by atoms with Crippen molar-refractivity contribution >= 4 is 11.7 Å². The number of amides is 1. The Bertz CT molecular complexity index is 1280. The van der Waals surface area contributed by atoms with Crippen LogP contribution in [0.15, 0.2) is 53.6 Å². The van der Waals surface area contributed by atoms with E-state index < -0.39 is 22.8 Å². The smallest absolute Gasteiger partial charge is 0.297 e. The molecular formula is C24H23FN4O3. The molecule has 0 saturated heterocycles. The SMILES string of the molecule is Cc1cc(F)c(C(=O)NC2CC2)cc1-n1ccnc(NC2(c3ccccc3O)CC2)c1=O. The molecule has 8 heteroatoms. The average Bonchev–Trinajstić information content (AvgIpc) is 3.68. The van der Waals surface area contributed by atoms with E-state index in [-0.39, 0.29) is 23.2 Å². The average molecular weight is 434 g/mol. The van der Waals surface area contributed by atoms with E-state index in [1.807, 2.05) is 12.1 Å². The molecule has 2 aliphatic rings. The van der Waals surface area contributed by atoms with Crippen molar-refractivity contribution in [2.75, 3.05) is 5.32 Å². The molecule has 0 aliphatic heterocycles. The van der Waals surface area contributed by atoms with E-state index in [9.17, 15) is 19.1 Å². The van der Waals surface area contributed by atoms with E-state index in [1.165, 1.54) is 29.1 Å². The zero-order valence-corrected chi connectivity index (χ0v) is 17.6. The zero-order chi connectivity index (χ0) is 22.5. The van der Waals surface area contributed by atoms with Gasteiger partial charge in [0.15, 0.2) is 5.82 Å². The standard InChI is InChI=1S/C24H23FN4O3/c1-14-12-18(25)16(22(31)27-15-6-7-15)13-19(14)29-11-10-26-21(23(29)32)28-24(8-9-24)17-4-2-3-5-20(17)30/h2-5,10-13,15,30H,6-9H2,1H3,(H,26,28)(H,27,31). The van der Waals surface area contributed by atoms with Gasteiger partial charge in [-0.3, -0.25) is 14.2 Å². The normalized spacial score (nSPS) is 16.4. The zero-order valence-electron chi connectivity index (χ0n) is 17.6. The Balaban J connectivity index is 1.51. The summed E-state index contributed by atoms with van der Waals surface area (Å²) >= 11 is 0. The van der Waals surface area contributed by atoms with Crippen LogP contribution in [0.3, 0.4) is 0 Å². The number of phenolic OH excluding ortho intramolecular Hbond substituents is 1. The molecule has 3 aromatic rings. The number of hydrogen-bond acceptors (Lipinski definition) is 5. The summed E-state index contributed by atoms with van der Waals surface area (Å²) in [6.45, 7) is 1.69. The van der Waals surface area contributed by atoms with Crippen molar-refractivity contribution < 1.29 is 14.3 Å². The van der Waals surface area contributed by atoms with Crippen LogP contribution < -0.4 is 16.2 Å². The summed E-state index contributed by atoms with van der Waals surface area (Å²) in [5.41, 5.74) is 0.584. The molecule has 2 aliphatic carbocycles. The van der Waals surface area contributed by atoms with Crippen LogP contribution in [0.1, 0.15) is 47.2 Å². The lowest BCUT2D eigenvalue weighted by Crippen LogP contribution is -2.30. The quantitative estimate of drug-likeness (QED) is 0.553. The molecule has 1 heterocycles. The van der Waals surface area contributed by atoms with E-state index in [2.05, 4.69) is 15.6 Å². The van der Waals surface area contributed by atoms with Gasteiger partial charge in [0.25, 0.3) is 11.5 Å². The first kappa shape index (κ1) is 20.2. The fraction of sp³-hybridized carbons (Fsp3) is 0.292. The van der Waals surface area contributed by atoms with Crippen LogP contribution in [0.2, 0.25) is 0 Å². The van der Waals surface area contributed by atoms with Crippen LogP contribution in [-0.4, -0.2) is 26.6 Å². The molecule has 32 heavy (non-hydrogen) atoms. The van der Waals surface area contributed by atoms with Gasteiger partial charge in [0.1, 0.15) is 11.6 Å². The Morgan fingerprint density at radius 2 is 2.00 bits per heavy atom. The van der Waals surface area contributed by atoms with Crippen LogP contribution in [-0.2, 0) is 5.54 Å². The number of anilines is 1. The number of benzene rings is 2. The number of nitrogens with one attached hydrogen (secondary N) is 2. The molecule has 0 radical (unpaired) electrons. The first-order chi connectivity index (χ1) is 15.4. The number of para-hydroxylation sites is 1. The van der Waals surface area contributed by atoms with Crippen molar-refractivity contribution in [1.29, 1.82) is 0 Å². The topological polar surface area (TPSA) is 96.2 Å². The van der Waals surface area contributed by atoms with Crippen LogP contribution >= 0.6 is 0 Å². The molecule has 5 rings (SSSR count). The Morgan fingerprint density at radius 1 is 1.25 bits per heavy atom. The summed E-state index contributed by atoms with van der Waals surface area (Å²) in [4.78, 5) is 30.0. The molecule has 0 unspecified atom stereocenters. The Labute approximate surface area is 183 Å². The van der Waals surface area contributed by atoms with Crippen molar-refractivity contribution in [2.45, 2.75) is 44.2 Å².